The topological polar surface area (TPSA) is 32.3 Å². The molecule has 0 amide bonds. The zero-order valence-electron chi connectivity index (χ0n) is 9.49. The molecule has 2 nitrogen and oxygen atoms in total. The summed E-state index contributed by atoms with van der Waals surface area (Å²) in [5.74, 6) is 1.94. The molecule has 0 saturated heterocycles. The van der Waals surface area contributed by atoms with E-state index >= 15 is 0 Å². The minimum Gasteiger partial charge on any atom is -0.392 e. The second kappa shape index (κ2) is 4.06. The smallest absolute Gasteiger partial charge is 0.0693 e. The van der Waals surface area contributed by atoms with Gasteiger partial charge in [0.1, 0.15) is 0 Å². The Labute approximate surface area is 92.4 Å². The van der Waals surface area contributed by atoms with E-state index in [-0.39, 0.29) is 6.10 Å². The molecule has 3 aliphatic rings. The monoisotopic (exact) mass is 209 g/mol. The highest BCUT2D eigenvalue weighted by atomic mass is 16.3. The third-order valence-corrected chi connectivity index (χ3v) is 4.90. The van der Waals surface area contributed by atoms with Gasteiger partial charge in [-0.2, -0.15) is 0 Å². The standard InChI is InChI=1S/C13H23NO/c15-13-4-2-1-3-11(13)14-12-8-9-5-6-10(12)7-9/h9-15H,1-8H2/t9-,10-,11+,12-,13+/m1/s1. The second-order valence-electron chi connectivity index (χ2n) is 5.91. The van der Waals surface area contributed by atoms with Crippen LogP contribution in [0.25, 0.3) is 0 Å². The number of aliphatic hydroxyl groups is 1. The van der Waals surface area contributed by atoms with E-state index in [2.05, 4.69) is 5.32 Å². The lowest BCUT2D eigenvalue weighted by Gasteiger charge is -2.34. The molecule has 0 aromatic heterocycles. The van der Waals surface area contributed by atoms with Gasteiger partial charge in [0.05, 0.1) is 6.10 Å². The average Bonchev–Trinajstić information content (AvgIpc) is 2.83. The fourth-order valence-corrected chi connectivity index (χ4v) is 4.03. The van der Waals surface area contributed by atoms with Gasteiger partial charge in [-0.15, -0.1) is 0 Å². The molecule has 0 heterocycles. The molecule has 0 aromatic rings. The van der Waals surface area contributed by atoms with Crippen molar-refractivity contribution in [3.63, 3.8) is 0 Å². The van der Waals surface area contributed by atoms with Crippen LogP contribution in [0.5, 0.6) is 0 Å². The Morgan fingerprint density at radius 2 is 1.73 bits per heavy atom. The Balaban J connectivity index is 1.56. The lowest BCUT2D eigenvalue weighted by atomic mass is 9.89. The molecule has 3 saturated carbocycles. The summed E-state index contributed by atoms with van der Waals surface area (Å²) in [5, 5.41) is 13.7. The van der Waals surface area contributed by atoms with Crippen molar-refractivity contribution < 1.29 is 5.11 Å². The van der Waals surface area contributed by atoms with Crippen molar-refractivity contribution in [3.05, 3.63) is 0 Å². The number of fused-ring (bicyclic) bond motifs is 2. The van der Waals surface area contributed by atoms with Gasteiger partial charge in [0.15, 0.2) is 0 Å². The first-order valence-electron chi connectivity index (χ1n) is 6.77. The number of aliphatic hydroxyl groups excluding tert-OH is 1. The lowest BCUT2D eigenvalue weighted by Crippen LogP contribution is -2.48. The summed E-state index contributed by atoms with van der Waals surface area (Å²) in [4.78, 5) is 0. The van der Waals surface area contributed by atoms with Crippen LogP contribution in [0.2, 0.25) is 0 Å². The first-order valence-corrected chi connectivity index (χ1v) is 6.77. The minimum absolute atomic E-state index is 0.0714. The van der Waals surface area contributed by atoms with Gasteiger partial charge in [0.2, 0.25) is 0 Å². The van der Waals surface area contributed by atoms with E-state index in [0.717, 1.165) is 24.3 Å². The zero-order valence-corrected chi connectivity index (χ0v) is 9.49. The summed E-state index contributed by atoms with van der Waals surface area (Å²) >= 11 is 0. The van der Waals surface area contributed by atoms with E-state index in [1.165, 1.54) is 44.9 Å². The maximum Gasteiger partial charge on any atom is 0.0693 e. The second-order valence-corrected chi connectivity index (χ2v) is 5.91. The highest BCUT2D eigenvalue weighted by Crippen LogP contribution is 2.44. The van der Waals surface area contributed by atoms with Crippen LogP contribution in [-0.2, 0) is 0 Å². The quantitative estimate of drug-likeness (QED) is 0.729. The maximum atomic E-state index is 9.94. The average molecular weight is 209 g/mol. The molecule has 2 bridgehead atoms. The Kier molecular flexibility index (Phi) is 2.73. The highest BCUT2D eigenvalue weighted by molar-refractivity contribution is 4.96. The predicted octanol–water partition coefficient (Wildman–Crippen LogP) is 2.07. The molecule has 15 heavy (non-hydrogen) atoms. The summed E-state index contributed by atoms with van der Waals surface area (Å²) in [7, 11) is 0. The summed E-state index contributed by atoms with van der Waals surface area (Å²) in [5.41, 5.74) is 0. The van der Waals surface area contributed by atoms with Gasteiger partial charge < -0.3 is 10.4 Å². The van der Waals surface area contributed by atoms with E-state index in [4.69, 9.17) is 0 Å². The molecule has 86 valence electrons. The first-order chi connectivity index (χ1) is 7.33. The lowest BCUT2D eigenvalue weighted by molar-refractivity contribution is 0.0799. The van der Waals surface area contributed by atoms with Crippen molar-refractivity contribution in [3.8, 4) is 0 Å². The number of hydrogen-bond donors (Lipinski definition) is 2. The van der Waals surface area contributed by atoms with Crippen molar-refractivity contribution in [2.45, 2.75) is 69.6 Å². The third kappa shape index (κ3) is 1.94. The van der Waals surface area contributed by atoms with Crippen LogP contribution < -0.4 is 5.32 Å². The van der Waals surface area contributed by atoms with Crippen LogP contribution in [0.4, 0.5) is 0 Å². The minimum atomic E-state index is -0.0714. The van der Waals surface area contributed by atoms with E-state index < -0.39 is 0 Å². The number of hydrogen-bond acceptors (Lipinski definition) is 2. The molecule has 3 fully saturated rings. The van der Waals surface area contributed by atoms with Gasteiger partial charge in [-0.1, -0.05) is 19.3 Å². The molecular weight excluding hydrogens is 186 g/mol. The van der Waals surface area contributed by atoms with Gasteiger partial charge >= 0.3 is 0 Å². The van der Waals surface area contributed by atoms with Crippen LogP contribution in [-0.4, -0.2) is 23.3 Å². The van der Waals surface area contributed by atoms with E-state index in [1.807, 2.05) is 0 Å². The van der Waals surface area contributed by atoms with Crippen molar-refractivity contribution in [2.75, 3.05) is 0 Å². The van der Waals surface area contributed by atoms with Crippen molar-refractivity contribution in [1.82, 2.24) is 5.32 Å². The largest absolute Gasteiger partial charge is 0.392 e. The molecule has 0 unspecified atom stereocenters. The van der Waals surface area contributed by atoms with Gasteiger partial charge in [0.25, 0.3) is 0 Å². The fraction of sp³-hybridized carbons (Fsp3) is 1.00. The molecule has 2 N–H and O–H groups in total. The molecule has 0 aliphatic heterocycles. The summed E-state index contributed by atoms with van der Waals surface area (Å²) in [6.45, 7) is 0. The predicted molar refractivity (Wildman–Crippen MR) is 60.6 cm³/mol. The Morgan fingerprint density at radius 1 is 0.867 bits per heavy atom. The molecule has 5 atom stereocenters. The van der Waals surface area contributed by atoms with Gasteiger partial charge in [-0.3, -0.25) is 0 Å². The highest BCUT2D eigenvalue weighted by Gasteiger charge is 2.40. The molecule has 3 aliphatic carbocycles. The maximum absolute atomic E-state index is 9.94. The normalized spacial score (nSPS) is 49.8. The van der Waals surface area contributed by atoms with Gasteiger partial charge in [-0.05, 0) is 43.9 Å². The van der Waals surface area contributed by atoms with E-state index in [1.54, 1.807) is 0 Å². The van der Waals surface area contributed by atoms with Crippen LogP contribution in [0.1, 0.15) is 51.4 Å². The van der Waals surface area contributed by atoms with Gasteiger partial charge in [0, 0.05) is 12.1 Å². The van der Waals surface area contributed by atoms with Crippen molar-refractivity contribution in [2.24, 2.45) is 11.8 Å². The van der Waals surface area contributed by atoms with Crippen LogP contribution in [0, 0.1) is 11.8 Å². The summed E-state index contributed by atoms with van der Waals surface area (Å²) in [6, 6.07) is 1.14. The summed E-state index contributed by atoms with van der Waals surface area (Å²) < 4.78 is 0. The Morgan fingerprint density at radius 3 is 2.40 bits per heavy atom. The molecule has 0 radical (unpaired) electrons. The molecule has 0 spiro atoms. The zero-order chi connectivity index (χ0) is 10.3. The molecular formula is C13H23NO. The van der Waals surface area contributed by atoms with Crippen LogP contribution in [0.15, 0.2) is 0 Å². The molecule has 3 rings (SSSR count). The number of rotatable bonds is 2. The van der Waals surface area contributed by atoms with E-state index in [0.29, 0.717) is 6.04 Å². The Bertz CT molecular complexity index is 231. The van der Waals surface area contributed by atoms with Crippen molar-refractivity contribution in [1.29, 1.82) is 0 Å². The SMILES string of the molecule is O[C@H]1CCCC[C@@H]1N[C@@H]1C[C@@H]2CC[C@@H]1C2. The Hall–Kier alpha value is -0.0800. The van der Waals surface area contributed by atoms with E-state index in [9.17, 15) is 5.11 Å². The summed E-state index contributed by atoms with van der Waals surface area (Å²) in [6.07, 6.45) is 10.4. The fourth-order valence-electron chi connectivity index (χ4n) is 4.03. The third-order valence-electron chi connectivity index (χ3n) is 4.90. The van der Waals surface area contributed by atoms with Crippen LogP contribution >= 0.6 is 0 Å². The molecule has 0 aromatic carbocycles. The van der Waals surface area contributed by atoms with Crippen molar-refractivity contribution >= 4 is 0 Å². The first kappa shape index (κ1) is 10.1. The van der Waals surface area contributed by atoms with Crippen LogP contribution in [0.3, 0.4) is 0 Å². The number of nitrogens with one attached hydrogen (secondary N) is 1. The molecule has 2 heteroatoms. The van der Waals surface area contributed by atoms with Gasteiger partial charge in [-0.25, -0.2) is 0 Å².